The van der Waals surface area contributed by atoms with Gasteiger partial charge in [-0.2, -0.15) is 4.98 Å². The average molecular weight is 216 g/mol. The Morgan fingerprint density at radius 3 is 3.21 bits per heavy atom. The molecule has 4 nitrogen and oxygen atoms in total. The maximum absolute atomic E-state index is 11.8. The number of fused-ring (bicyclic) bond motifs is 1. The normalized spacial score (nSPS) is 10.7. The highest BCUT2D eigenvalue weighted by Gasteiger charge is 2.03. The molecule has 0 saturated carbocycles. The highest BCUT2D eigenvalue weighted by molar-refractivity contribution is 6.28. The molecular weight excluding hydrogens is 209 g/mol. The molecule has 2 rings (SSSR count). The lowest BCUT2D eigenvalue weighted by atomic mass is 10.4. The van der Waals surface area contributed by atoms with Gasteiger partial charge in [0.15, 0.2) is 5.88 Å². The van der Waals surface area contributed by atoms with Gasteiger partial charge in [0, 0.05) is 17.6 Å². The van der Waals surface area contributed by atoms with Gasteiger partial charge < -0.3 is 9.72 Å². The van der Waals surface area contributed by atoms with E-state index in [1.54, 1.807) is 12.3 Å². The molecule has 0 fully saturated rings. The second-order valence-corrected chi connectivity index (χ2v) is 2.95. The lowest BCUT2D eigenvalue weighted by molar-refractivity contribution is 0.266. The molecule has 0 aliphatic rings. The summed E-state index contributed by atoms with van der Waals surface area (Å²) in [5.74, 6) is 0.467. The highest BCUT2D eigenvalue weighted by Crippen LogP contribution is 2.18. The molecule has 2 heterocycles. The molecule has 0 radical (unpaired) electrons. The summed E-state index contributed by atoms with van der Waals surface area (Å²) in [7, 11) is 0. The molecule has 0 spiro atoms. The monoisotopic (exact) mass is 215 g/mol. The molecule has 0 aromatic carbocycles. The van der Waals surface area contributed by atoms with Crippen LogP contribution in [0.3, 0.4) is 0 Å². The Balaban J connectivity index is 2.32. The van der Waals surface area contributed by atoms with E-state index >= 15 is 0 Å². The molecular formula is C8H7ClFN3O. The van der Waals surface area contributed by atoms with Crippen LogP contribution < -0.4 is 4.74 Å². The number of nitrogens with zero attached hydrogens (tertiary/aromatic N) is 2. The predicted molar refractivity (Wildman–Crippen MR) is 50.4 cm³/mol. The summed E-state index contributed by atoms with van der Waals surface area (Å²) in [5.41, 5.74) is 0.582. The summed E-state index contributed by atoms with van der Waals surface area (Å²) in [6.45, 7) is -0.504. The number of rotatable bonds is 3. The first kappa shape index (κ1) is 9.21. The number of H-pyrrole nitrogens is 1. The Kier molecular flexibility index (Phi) is 2.49. The SMILES string of the molecule is FCCOc1cc2cnc(Cl)nc2[nH]1. The van der Waals surface area contributed by atoms with Gasteiger partial charge in [-0.25, -0.2) is 9.37 Å². The van der Waals surface area contributed by atoms with Gasteiger partial charge in [0.05, 0.1) is 0 Å². The van der Waals surface area contributed by atoms with Crippen molar-refractivity contribution in [3.05, 3.63) is 17.5 Å². The maximum atomic E-state index is 11.8. The molecule has 0 saturated heterocycles. The van der Waals surface area contributed by atoms with Crippen molar-refractivity contribution < 1.29 is 9.13 Å². The van der Waals surface area contributed by atoms with Gasteiger partial charge in [0.2, 0.25) is 5.28 Å². The van der Waals surface area contributed by atoms with Crippen LogP contribution in [0.25, 0.3) is 11.0 Å². The van der Waals surface area contributed by atoms with Crippen LogP contribution in [0.15, 0.2) is 12.3 Å². The molecule has 0 amide bonds. The second kappa shape index (κ2) is 3.79. The Hall–Kier alpha value is -1.36. The largest absolute Gasteiger partial charge is 0.476 e. The molecule has 74 valence electrons. The molecule has 0 unspecified atom stereocenters. The van der Waals surface area contributed by atoms with Crippen LogP contribution in [0.1, 0.15) is 0 Å². The van der Waals surface area contributed by atoms with Crippen LogP contribution in [0, 0.1) is 0 Å². The summed E-state index contributed by atoms with van der Waals surface area (Å²) in [4.78, 5) is 10.6. The van der Waals surface area contributed by atoms with E-state index in [-0.39, 0.29) is 11.9 Å². The molecule has 2 aromatic heterocycles. The Bertz CT molecular complexity index is 445. The number of nitrogens with one attached hydrogen (secondary N) is 1. The van der Waals surface area contributed by atoms with Crippen molar-refractivity contribution in [3.63, 3.8) is 0 Å². The van der Waals surface area contributed by atoms with Gasteiger partial charge in [-0.3, -0.25) is 0 Å². The first-order chi connectivity index (χ1) is 6.79. The first-order valence-electron chi connectivity index (χ1n) is 3.99. The van der Waals surface area contributed by atoms with Crippen molar-refractivity contribution in [1.29, 1.82) is 0 Å². The van der Waals surface area contributed by atoms with Gasteiger partial charge >= 0.3 is 0 Å². The quantitative estimate of drug-likeness (QED) is 0.797. The maximum Gasteiger partial charge on any atom is 0.224 e. The Morgan fingerprint density at radius 2 is 2.43 bits per heavy atom. The highest BCUT2D eigenvalue weighted by atomic mass is 35.5. The minimum Gasteiger partial charge on any atom is -0.476 e. The number of aromatic nitrogens is 3. The lowest BCUT2D eigenvalue weighted by Gasteiger charge is -1.96. The van der Waals surface area contributed by atoms with Crippen molar-refractivity contribution in [1.82, 2.24) is 15.0 Å². The van der Waals surface area contributed by atoms with E-state index in [0.717, 1.165) is 5.39 Å². The second-order valence-electron chi connectivity index (χ2n) is 2.61. The Labute approximate surface area is 84.1 Å². The van der Waals surface area contributed by atoms with E-state index in [9.17, 15) is 4.39 Å². The number of hydrogen-bond donors (Lipinski definition) is 1. The number of hydrogen-bond acceptors (Lipinski definition) is 3. The van der Waals surface area contributed by atoms with E-state index in [4.69, 9.17) is 16.3 Å². The zero-order chi connectivity index (χ0) is 9.97. The van der Waals surface area contributed by atoms with E-state index in [2.05, 4.69) is 15.0 Å². The number of alkyl halides is 1. The molecule has 6 heteroatoms. The standard InChI is InChI=1S/C8H7ClFN3O/c9-8-11-4-5-3-6(14-2-1-10)12-7(5)13-8/h3-4H,1-2H2,(H,11,12,13). The topological polar surface area (TPSA) is 50.8 Å². The summed E-state index contributed by atoms with van der Waals surface area (Å²) < 4.78 is 16.8. The lowest BCUT2D eigenvalue weighted by Crippen LogP contribution is -1.98. The minimum atomic E-state index is -0.526. The van der Waals surface area contributed by atoms with Crippen molar-refractivity contribution in [2.75, 3.05) is 13.3 Å². The van der Waals surface area contributed by atoms with Gasteiger partial charge in [-0.15, -0.1) is 0 Å². The summed E-state index contributed by atoms with van der Waals surface area (Å²) in [6, 6.07) is 1.70. The third kappa shape index (κ3) is 1.77. The van der Waals surface area contributed by atoms with Gasteiger partial charge in [0.1, 0.15) is 18.9 Å². The van der Waals surface area contributed by atoms with Crippen LogP contribution in [0.4, 0.5) is 4.39 Å². The van der Waals surface area contributed by atoms with Gasteiger partial charge in [-0.05, 0) is 11.6 Å². The van der Waals surface area contributed by atoms with Crippen LogP contribution >= 0.6 is 11.6 Å². The fourth-order valence-corrected chi connectivity index (χ4v) is 1.23. The molecule has 0 bridgehead atoms. The Morgan fingerprint density at radius 1 is 1.57 bits per heavy atom. The molecule has 14 heavy (non-hydrogen) atoms. The fraction of sp³-hybridized carbons (Fsp3) is 0.250. The number of aromatic amines is 1. The predicted octanol–water partition coefficient (Wildman–Crippen LogP) is 1.96. The summed E-state index contributed by atoms with van der Waals surface area (Å²) in [5, 5.41) is 0.944. The molecule has 2 aromatic rings. The molecule has 1 N–H and O–H groups in total. The van der Waals surface area contributed by atoms with Crippen molar-refractivity contribution >= 4 is 22.6 Å². The molecule has 0 aliphatic heterocycles. The molecule has 0 aliphatic carbocycles. The minimum absolute atomic E-state index is 0.0218. The van der Waals surface area contributed by atoms with Crippen LogP contribution in [0.5, 0.6) is 5.88 Å². The summed E-state index contributed by atoms with van der Waals surface area (Å²) >= 11 is 5.59. The van der Waals surface area contributed by atoms with Crippen molar-refractivity contribution in [3.8, 4) is 5.88 Å². The number of halogens is 2. The zero-order valence-electron chi connectivity index (χ0n) is 7.13. The van der Waals surface area contributed by atoms with Crippen molar-refractivity contribution in [2.24, 2.45) is 0 Å². The van der Waals surface area contributed by atoms with Crippen LogP contribution in [0.2, 0.25) is 5.28 Å². The van der Waals surface area contributed by atoms with Crippen LogP contribution in [-0.2, 0) is 0 Å². The summed E-state index contributed by atoms with van der Waals surface area (Å²) in [6.07, 6.45) is 1.57. The zero-order valence-corrected chi connectivity index (χ0v) is 7.88. The molecule has 0 atom stereocenters. The van der Waals surface area contributed by atoms with Crippen molar-refractivity contribution in [2.45, 2.75) is 0 Å². The van der Waals surface area contributed by atoms with Gasteiger partial charge in [-0.1, -0.05) is 0 Å². The van der Waals surface area contributed by atoms with Gasteiger partial charge in [0.25, 0.3) is 0 Å². The fourth-order valence-electron chi connectivity index (χ4n) is 1.10. The van der Waals surface area contributed by atoms with Crippen LogP contribution in [-0.4, -0.2) is 28.2 Å². The van der Waals surface area contributed by atoms with E-state index in [0.29, 0.717) is 11.5 Å². The van der Waals surface area contributed by atoms with E-state index in [1.165, 1.54) is 0 Å². The first-order valence-corrected chi connectivity index (χ1v) is 4.37. The average Bonchev–Trinajstić information content (AvgIpc) is 2.56. The number of ether oxygens (including phenoxy) is 1. The third-order valence-corrected chi connectivity index (χ3v) is 1.83. The van der Waals surface area contributed by atoms with E-state index < -0.39 is 6.67 Å². The smallest absolute Gasteiger partial charge is 0.224 e. The van der Waals surface area contributed by atoms with E-state index in [1.807, 2.05) is 0 Å². The third-order valence-electron chi connectivity index (χ3n) is 1.65.